The Kier molecular flexibility index (Phi) is 3.32. The van der Waals surface area contributed by atoms with Crippen molar-refractivity contribution >= 4 is 32.5 Å². The highest BCUT2D eigenvalue weighted by molar-refractivity contribution is 7.89. The van der Waals surface area contributed by atoms with Crippen LogP contribution in [0.15, 0.2) is 29.2 Å². The lowest BCUT2D eigenvalue weighted by molar-refractivity contribution is 0.306. The number of halogens is 1. The molecule has 2 aromatic rings. The normalized spacial score (nSPS) is 15.5. The summed E-state index contributed by atoms with van der Waals surface area (Å²) >= 11 is 5.91. The molecule has 0 radical (unpaired) electrons. The van der Waals surface area contributed by atoms with E-state index in [-0.39, 0.29) is 11.0 Å². The largest absolute Gasteiger partial charge is 0.488 e. The molecule has 1 fully saturated rings. The van der Waals surface area contributed by atoms with Crippen molar-refractivity contribution in [3.05, 3.63) is 29.4 Å². The van der Waals surface area contributed by atoms with Crippen molar-refractivity contribution in [1.29, 1.82) is 0 Å². The minimum atomic E-state index is -3.56. The number of ether oxygens (including phenoxy) is 1. The predicted molar refractivity (Wildman–Crippen MR) is 76.6 cm³/mol. The maximum Gasteiger partial charge on any atom is 0.240 e. The predicted octanol–water partition coefficient (Wildman–Crippen LogP) is 2.34. The summed E-state index contributed by atoms with van der Waals surface area (Å²) in [6.45, 7) is 0. The molecule has 3 rings (SSSR count). The number of fused-ring (bicyclic) bond motifs is 1. The van der Waals surface area contributed by atoms with Gasteiger partial charge < -0.3 is 4.74 Å². The van der Waals surface area contributed by atoms with E-state index in [2.05, 4.69) is 9.71 Å². The van der Waals surface area contributed by atoms with Crippen LogP contribution in [0.2, 0.25) is 5.15 Å². The van der Waals surface area contributed by atoms with Crippen LogP contribution in [-0.2, 0) is 10.0 Å². The second-order valence-corrected chi connectivity index (χ2v) is 6.86. The highest BCUT2D eigenvalue weighted by Gasteiger charge is 2.26. The lowest BCUT2D eigenvalue weighted by Crippen LogP contribution is -2.19. The van der Waals surface area contributed by atoms with Crippen LogP contribution < -0.4 is 9.46 Å². The minimum Gasteiger partial charge on any atom is -0.488 e. The Morgan fingerprint density at radius 2 is 2.05 bits per heavy atom. The van der Waals surface area contributed by atoms with E-state index in [1.807, 2.05) is 0 Å². The van der Waals surface area contributed by atoms with Gasteiger partial charge >= 0.3 is 0 Å². The first kappa shape index (κ1) is 13.6. The fourth-order valence-corrected chi connectivity index (χ4v) is 3.02. The Morgan fingerprint density at radius 1 is 1.30 bits per heavy atom. The molecule has 1 aromatic carbocycles. The molecule has 0 atom stereocenters. The lowest BCUT2D eigenvalue weighted by Gasteiger charge is -2.11. The van der Waals surface area contributed by atoms with Gasteiger partial charge in [-0.2, -0.15) is 0 Å². The fraction of sp³-hybridized carbons (Fsp3) is 0.308. The number of hydrogen-bond acceptors (Lipinski definition) is 4. The highest BCUT2D eigenvalue weighted by Crippen LogP contribution is 2.34. The SMILES string of the molecule is CNS(=O)(=O)c1ccc(OC2CC2)c2nc(Cl)ccc12. The number of nitrogens with zero attached hydrogens (tertiary/aromatic N) is 1. The third-order valence-corrected chi connectivity index (χ3v) is 4.81. The van der Waals surface area contributed by atoms with E-state index < -0.39 is 10.0 Å². The Hall–Kier alpha value is -1.37. The summed E-state index contributed by atoms with van der Waals surface area (Å²) in [5, 5.41) is 0.805. The van der Waals surface area contributed by atoms with Gasteiger partial charge in [0.05, 0.1) is 11.0 Å². The van der Waals surface area contributed by atoms with Crippen LogP contribution >= 0.6 is 11.6 Å². The molecule has 7 heteroatoms. The van der Waals surface area contributed by atoms with Crippen LogP contribution in [0, 0.1) is 0 Å². The van der Waals surface area contributed by atoms with Gasteiger partial charge in [0.2, 0.25) is 10.0 Å². The number of hydrogen-bond donors (Lipinski definition) is 1. The van der Waals surface area contributed by atoms with E-state index in [4.69, 9.17) is 16.3 Å². The Morgan fingerprint density at radius 3 is 2.70 bits per heavy atom. The third kappa shape index (κ3) is 2.46. The van der Waals surface area contributed by atoms with Gasteiger partial charge in [0.15, 0.2) is 0 Å². The van der Waals surface area contributed by atoms with Crippen LogP contribution in [0.3, 0.4) is 0 Å². The number of benzene rings is 1. The molecule has 0 bridgehead atoms. The smallest absolute Gasteiger partial charge is 0.240 e. The monoisotopic (exact) mass is 312 g/mol. The van der Waals surface area contributed by atoms with Crippen molar-refractivity contribution in [3.63, 3.8) is 0 Å². The summed E-state index contributed by atoms with van der Waals surface area (Å²) in [6.07, 6.45) is 2.22. The van der Waals surface area contributed by atoms with Crippen LogP contribution in [0.1, 0.15) is 12.8 Å². The average Bonchev–Trinajstić information content (AvgIpc) is 3.23. The summed E-state index contributed by atoms with van der Waals surface area (Å²) in [6, 6.07) is 6.38. The minimum absolute atomic E-state index is 0.169. The molecule has 0 spiro atoms. The Bertz CT molecular complexity index is 773. The second kappa shape index (κ2) is 4.87. The maximum absolute atomic E-state index is 12.0. The first-order valence-corrected chi connectivity index (χ1v) is 8.07. The molecule has 5 nitrogen and oxygen atoms in total. The standard InChI is InChI=1S/C13H13ClN2O3S/c1-15-20(17,18)11-6-5-10(19-8-2-3-8)13-9(11)4-7-12(14)16-13/h4-8,15H,2-3H2,1H3. The van der Waals surface area contributed by atoms with Crippen molar-refractivity contribution in [2.75, 3.05) is 7.05 Å². The number of sulfonamides is 1. The van der Waals surface area contributed by atoms with Gasteiger partial charge in [-0.05, 0) is 44.2 Å². The van der Waals surface area contributed by atoms with Crippen LogP contribution in [-0.4, -0.2) is 26.6 Å². The Labute approximate surface area is 122 Å². The molecule has 1 saturated carbocycles. The van der Waals surface area contributed by atoms with Gasteiger partial charge in [-0.1, -0.05) is 11.6 Å². The van der Waals surface area contributed by atoms with Crippen LogP contribution in [0.4, 0.5) is 0 Å². The molecule has 0 amide bonds. The van der Waals surface area contributed by atoms with Crippen molar-refractivity contribution in [3.8, 4) is 5.75 Å². The van der Waals surface area contributed by atoms with Gasteiger partial charge in [-0.25, -0.2) is 18.1 Å². The summed E-state index contributed by atoms with van der Waals surface area (Å²) in [5.41, 5.74) is 0.473. The zero-order chi connectivity index (χ0) is 14.3. The zero-order valence-corrected chi connectivity index (χ0v) is 12.3. The molecule has 106 valence electrons. The molecule has 1 heterocycles. The van der Waals surface area contributed by atoms with E-state index in [0.717, 1.165) is 12.8 Å². The fourth-order valence-electron chi connectivity index (χ4n) is 1.95. The topological polar surface area (TPSA) is 68.3 Å². The molecule has 1 N–H and O–H groups in total. The summed E-state index contributed by atoms with van der Waals surface area (Å²) < 4.78 is 32.1. The first-order chi connectivity index (χ1) is 9.51. The van der Waals surface area contributed by atoms with Gasteiger partial charge in [-0.15, -0.1) is 0 Å². The lowest BCUT2D eigenvalue weighted by atomic mass is 10.2. The van der Waals surface area contributed by atoms with Crippen LogP contribution in [0.25, 0.3) is 10.9 Å². The zero-order valence-electron chi connectivity index (χ0n) is 10.8. The molecule has 0 saturated heterocycles. The van der Waals surface area contributed by atoms with Gasteiger partial charge in [0.1, 0.15) is 16.4 Å². The van der Waals surface area contributed by atoms with E-state index in [1.165, 1.54) is 13.1 Å². The van der Waals surface area contributed by atoms with Crippen molar-refractivity contribution in [2.24, 2.45) is 0 Å². The summed E-state index contributed by atoms with van der Waals surface area (Å²) in [7, 11) is -2.18. The number of rotatable bonds is 4. The molecule has 1 aliphatic carbocycles. The number of aromatic nitrogens is 1. The molecule has 20 heavy (non-hydrogen) atoms. The van der Waals surface area contributed by atoms with Gasteiger partial charge in [-0.3, -0.25) is 0 Å². The molecular weight excluding hydrogens is 300 g/mol. The molecule has 0 unspecified atom stereocenters. The maximum atomic E-state index is 12.0. The summed E-state index contributed by atoms with van der Waals surface area (Å²) in [4.78, 5) is 4.38. The molecule has 1 aromatic heterocycles. The molecular formula is C13H13ClN2O3S. The average molecular weight is 313 g/mol. The van der Waals surface area contributed by atoms with Gasteiger partial charge in [0.25, 0.3) is 0 Å². The van der Waals surface area contributed by atoms with E-state index in [1.54, 1.807) is 18.2 Å². The highest BCUT2D eigenvalue weighted by atomic mass is 35.5. The van der Waals surface area contributed by atoms with Crippen molar-refractivity contribution in [1.82, 2.24) is 9.71 Å². The molecule has 1 aliphatic rings. The molecule has 0 aliphatic heterocycles. The quantitative estimate of drug-likeness (QED) is 0.880. The van der Waals surface area contributed by atoms with Gasteiger partial charge in [0, 0.05) is 5.39 Å². The third-order valence-electron chi connectivity index (χ3n) is 3.12. The summed E-state index contributed by atoms with van der Waals surface area (Å²) in [5.74, 6) is 0.569. The Balaban J connectivity index is 2.24. The van der Waals surface area contributed by atoms with E-state index in [0.29, 0.717) is 21.8 Å². The van der Waals surface area contributed by atoms with E-state index in [9.17, 15) is 8.42 Å². The van der Waals surface area contributed by atoms with Crippen LogP contribution in [0.5, 0.6) is 5.75 Å². The first-order valence-electron chi connectivity index (χ1n) is 6.21. The number of pyridine rings is 1. The second-order valence-electron chi connectivity index (χ2n) is 4.62. The van der Waals surface area contributed by atoms with Crippen molar-refractivity contribution in [2.45, 2.75) is 23.8 Å². The van der Waals surface area contributed by atoms with Crippen molar-refractivity contribution < 1.29 is 13.2 Å². The van der Waals surface area contributed by atoms with E-state index >= 15 is 0 Å². The number of nitrogens with one attached hydrogen (secondary N) is 1.